The zero-order chi connectivity index (χ0) is 23.1. The smallest absolute Gasteiger partial charge is 0.485 e. The predicted molar refractivity (Wildman–Crippen MR) is 90.6 cm³/mol. The molecule has 2 heterocycles. The van der Waals surface area contributed by atoms with Crippen LogP contribution >= 0.6 is 0 Å². The molecule has 1 aliphatic rings. The maximum absolute atomic E-state index is 11.9. The molecular weight excluding hydrogens is 439 g/mol. The van der Waals surface area contributed by atoms with Gasteiger partial charge in [0, 0.05) is 6.07 Å². The summed E-state index contributed by atoms with van der Waals surface area (Å²) in [5.41, 5.74) is -5.32. The van der Waals surface area contributed by atoms with E-state index in [1.54, 1.807) is 18.3 Å². The molecule has 30 heavy (non-hydrogen) atoms. The summed E-state index contributed by atoms with van der Waals surface area (Å²) in [4.78, 5) is 11.9. The van der Waals surface area contributed by atoms with E-state index < -0.39 is 52.7 Å². The van der Waals surface area contributed by atoms with Gasteiger partial charge in [0.05, 0.1) is 13.2 Å². The molecule has 0 saturated carbocycles. The molecule has 0 spiro atoms. The second-order valence-corrected chi connectivity index (χ2v) is 7.53. The number of alkyl halides is 3. The fourth-order valence-corrected chi connectivity index (χ4v) is 2.29. The van der Waals surface area contributed by atoms with Gasteiger partial charge in [-0.1, -0.05) is 13.3 Å². The van der Waals surface area contributed by atoms with Gasteiger partial charge in [0.2, 0.25) is 0 Å². The number of carbonyl (C=O) groups is 1. The van der Waals surface area contributed by atoms with Crippen LogP contribution in [-0.2, 0) is 19.6 Å². The van der Waals surface area contributed by atoms with E-state index in [9.17, 15) is 28.2 Å². The molecule has 1 saturated heterocycles. The van der Waals surface area contributed by atoms with E-state index in [1.165, 1.54) is 10.8 Å². The summed E-state index contributed by atoms with van der Waals surface area (Å²) in [7, 11) is -6.09. The number of rotatable bonds is 6. The Bertz CT molecular complexity index is 803. The monoisotopic (exact) mass is 461 g/mol. The maximum atomic E-state index is 11.9. The second-order valence-electron chi connectivity index (χ2n) is 6.16. The quantitative estimate of drug-likeness (QED) is 0.168. The third-order valence-electron chi connectivity index (χ3n) is 3.88. The molecule has 4 atom stereocenters. The van der Waals surface area contributed by atoms with Crippen LogP contribution in [0.4, 0.5) is 13.2 Å². The number of aromatic nitrogens is 1. The third kappa shape index (κ3) is 7.14. The van der Waals surface area contributed by atoms with E-state index in [4.69, 9.17) is 27.6 Å². The Labute approximate surface area is 170 Å². The highest BCUT2D eigenvalue weighted by molar-refractivity contribution is 7.86. The number of hydrogen-bond donors (Lipinski definition) is 3. The molecule has 10 nitrogen and oxygen atoms in total. The molecule has 1 aromatic rings. The highest BCUT2D eigenvalue weighted by atomic mass is 32.2. The van der Waals surface area contributed by atoms with Crippen LogP contribution in [-0.4, -0.2) is 71.3 Å². The van der Waals surface area contributed by atoms with Crippen molar-refractivity contribution in [3.8, 4) is 0 Å². The Kier molecular flexibility index (Phi) is 9.58. The lowest BCUT2D eigenvalue weighted by molar-refractivity contribution is -0.765. The van der Waals surface area contributed by atoms with Crippen LogP contribution in [0.3, 0.4) is 0 Å². The normalized spacial score (nSPS) is 24.1. The van der Waals surface area contributed by atoms with E-state index in [0.29, 0.717) is 12.2 Å². The Morgan fingerprint density at radius 2 is 1.93 bits per heavy atom. The zero-order valence-corrected chi connectivity index (χ0v) is 16.5. The molecule has 3 N–H and O–H groups in total. The Hall–Kier alpha value is -1.84. The molecule has 14 heteroatoms. The van der Waals surface area contributed by atoms with E-state index in [-0.39, 0.29) is 0 Å². The second kappa shape index (κ2) is 11.0. The molecule has 1 fully saturated rings. The summed E-state index contributed by atoms with van der Waals surface area (Å²) < 4.78 is 70.9. The van der Waals surface area contributed by atoms with E-state index >= 15 is 0 Å². The Balaban J connectivity index is 0.000000479. The van der Waals surface area contributed by atoms with Crippen molar-refractivity contribution in [2.75, 3.05) is 13.2 Å². The highest BCUT2D eigenvalue weighted by Gasteiger charge is 2.48. The van der Waals surface area contributed by atoms with Gasteiger partial charge in [0.1, 0.15) is 17.8 Å². The first-order valence-corrected chi connectivity index (χ1v) is 10.1. The number of halogens is 3. The van der Waals surface area contributed by atoms with Gasteiger partial charge in [-0.15, -0.1) is 0 Å². The summed E-state index contributed by atoms with van der Waals surface area (Å²) >= 11 is 0. The topological polar surface area (TPSA) is 157 Å². The molecule has 0 radical (unpaired) electrons. The van der Waals surface area contributed by atoms with Gasteiger partial charge in [-0.25, -0.2) is 13.2 Å². The van der Waals surface area contributed by atoms with Crippen molar-refractivity contribution in [3.05, 3.63) is 30.1 Å². The number of aliphatic hydroxyl groups excluding tert-OH is 3. The molecular formula is C16H22F3NO9S. The van der Waals surface area contributed by atoms with Gasteiger partial charge < -0.3 is 29.3 Å². The van der Waals surface area contributed by atoms with Gasteiger partial charge >= 0.3 is 11.5 Å². The summed E-state index contributed by atoms with van der Waals surface area (Å²) in [6, 6.07) is 3.23. The van der Waals surface area contributed by atoms with Gasteiger partial charge in [0.25, 0.3) is 6.23 Å². The number of carbonyl (C=O) groups excluding carboxylic acids is 1. The van der Waals surface area contributed by atoms with Crippen molar-refractivity contribution in [3.63, 3.8) is 0 Å². The number of unbranched alkanes of at least 4 members (excludes halogenated alkanes) is 1. The summed E-state index contributed by atoms with van der Waals surface area (Å²) in [6.07, 6.45) is 0.759. The Morgan fingerprint density at radius 3 is 2.40 bits per heavy atom. The molecule has 1 aliphatic heterocycles. The Morgan fingerprint density at radius 1 is 1.33 bits per heavy atom. The largest absolute Gasteiger partial charge is 0.741 e. The highest BCUT2D eigenvalue weighted by Crippen LogP contribution is 2.25. The predicted octanol–water partition coefficient (Wildman–Crippen LogP) is -0.406. The number of esters is 1. The first-order chi connectivity index (χ1) is 13.8. The minimum absolute atomic E-state index is 0.330. The third-order valence-corrected chi connectivity index (χ3v) is 4.45. The summed E-state index contributed by atoms with van der Waals surface area (Å²) in [5.74, 6) is -0.449. The summed E-state index contributed by atoms with van der Waals surface area (Å²) in [5, 5.41) is 28.9. The minimum atomic E-state index is -6.09. The summed E-state index contributed by atoms with van der Waals surface area (Å²) in [6.45, 7) is 1.97. The number of pyridine rings is 1. The van der Waals surface area contributed by atoms with Crippen molar-refractivity contribution in [1.29, 1.82) is 0 Å². The molecule has 0 bridgehead atoms. The van der Waals surface area contributed by atoms with Crippen molar-refractivity contribution in [2.24, 2.45) is 0 Å². The fraction of sp³-hybridized carbons (Fsp3) is 0.625. The molecule has 0 aromatic carbocycles. The van der Waals surface area contributed by atoms with Crippen LogP contribution in [0.2, 0.25) is 0 Å². The van der Waals surface area contributed by atoms with Gasteiger partial charge in [0.15, 0.2) is 28.6 Å². The average molecular weight is 461 g/mol. The zero-order valence-electron chi connectivity index (χ0n) is 15.7. The van der Waals surface area contributed by atoms with Crippen molar-refractivity contribution in [1.82, 2.24) is 0 Å². The standard InChI is InChI=1S/C15H22NO6.CHF3O3S/c1-2-3-7-21-15(20)10-5-4-6-16(8-10)14-13(19)12(18)11(9-17)22-14;2-1(3,4)8(5,6)7/h4-6,8,11-14,17-19H,2-3,7,9H2,1H3;(H,5,6,7)/q+1;/p-1/t11-,12+,13+,14-;/m1./s1. The number of ether oxygens (including phenoxy) is 2. The van der Waals surface area contributed by atoms with Crippen molar-refractivity contribution >= 4 is 16.1 Å². The van der Waals surface area contributed by atoms with Crippen LogP contribution in [0, 0.1) is 0 Å². The first kappa shape index (κ1) is 26.2. The number of nitrogens with zero attached hydrogens (tertiary/aromatic N) is 1. The van der Waals surface area contributed by atoms with E-state index in [0.717, 1.165) is 12.8 Å². The van der Waals surface area contributed by atoms with Crippen LogP contribution in [0.25, 0.3) is 0 Å². The molecule has 2 rings (SSSR count). The maximum Gasteiger partial charge on any atom is 0.485 e. The van der Waals surface area contributed by atoms with Crippen molar-refractivity contribution in [2.45, 2.75) is 49.8 Å². The lowest BCUT2D eigenvalue weighted by Gasteiger charge is -2.10. The number of hydrogen-bond acceptors (Lipinski definition) is 9. The lowest BCUT2D eigenvalue weighted by atomic mass is 10.1. The van der Waals surface area contributed by atoms with Gasteiger partial charge in [-0.2, -0.15) is 17.7 Å². The van der Waals surface area contributed by atoms with Gasteiger partial charge in [-0.05, 0) is 12.5 Å². The van der Waals surface area contributed by atoms with E-state index in [2.05, 4.69) is 0 Å². The van der Waals surface area contributed by atoms with Crippen LogP contribution in [0.15, 0.2) is 24.5 Å². The molecule has 0 amide bonds. The van der Waals surface area contributed by atoms with E-state index in [1.807, 2.05) is 6.92 Å². The fourth-order valence-electron chi connectivity index (χ4n) is 2.29. The molecule has 0 unspecified atom stereocenters. The number of aliphatic hydroxyl groups is 3. The van der Waals surface area contributed by atoms with Crippen LogP contribution < -0.4 is 4.57 Å². The first-order valence-electron chi connectivity index (χ1n) is 8.66. The minimum Gasteiger partial charge on any atom is -0.741 e. The van der Waals surface area contributed by atoms with Crippen LogP contribution in [0.5, 0.6) is 0 Å². The average Bonchev–Trinajstić information content (AvgIpc) is 2.95. The van der Waals surface area contributed by atoms with Gasteiger partial charge in [-0.3, -0.25) is 0 Å². The lowest BCUT2D eigenvalue weighted by Crippen LogP contribution is -2.46. The van der Waals surface area contributed by atoms with Crippen molar-refractivity contribution < 1.29 is 60.3 Å². The van der Waals surface area contributed by atoms with Crippen LogP contribution in [0.1, 0.15) is 36.4 Å². The molecule has 0 aliphatic carbocycles. The molecule has 172 valence electrons. The molecule has 1 aromatic heterocycles. The SMILES string of the molecule is CCCCOC(=O)c1ccc[n+]([C@@H]2O[C@H](CO)[C@H](O)[C@@H]2O)c1.O=S(=O)([O-])C(F)(F)F.